The number of nitrogens with zero attached hydrogens (tertiary/aromatic N) is 5. The number of carbonyl (C=O) groups excluding carboxylic acids is 3. The van der Waals surface area contributed by atoms with Crippen molar-refractivity contribution in [1.82, 2.24) is 14.8 Å². The monoisotopic (exact) mass is 612 g/mol. The number of thioether (sulfide) groups is 1. The molecule has 0 unspecified atom stereocenters. The molecule has 0 atom stereocenters. The molecule has 43 heavy (non-hydrogen) atoms. The number of carbonyl (C=O) groups is 3. The Kier molecular flexibility index (Phi) is 7.05. The van der Waals surface area contributed by atoms with E-state index in [9.17, 15) is 31.9 Å². The second-order valence-corrected chi connectivity index (χ2v) is 9.91. The number of aliphatic imine (C=N–C) groups is 1. The molecular weight excluding hydrogens is 596 g/mol. The summed E-state index contributed by atoms with van der Waals surface area (Å²) < 4.78 is 62.3. The molecule has 2 aliphatic heterocycles. The van der Waals surface area contributed by atoms with Gasteiger partial charge in [-0.15, -0.1) is 18.3 Å². The van der Waals surface area contributed by atoms with Gasteiger partial charge in [-0.1, -0.05) is 17.8 Å². The maximum Gasteiger partial charge on any atom is 0.573 e. The van der Waals surface area contributed by atoms with Crippen LogP contribution in [0, 0.1) is 5.82 Å². The molecule has 4 aromatic rings. The molecule has 1 N–H and O–H groups in total. The van der Waals surface area contributed by atoms with Gasteiger partial charge in [-0.05, 0) is 54.6 Å². The average Bonchev–Trinajstić information content (AvgIpc) is 3.69. The van der Waals surface area contributed by atoms with Crippen molar-refractivity contribution in [2.75, 3.05) is 16.0 Å². The van der Waals surface area contributed by atoms with Crippen molar-refractivity contribution >= 4 is 46.2 Å². The molecule has 0 spiro atoms. The Morgan fingerprint density at radius 1 is 1.09 bits per heavy atom. The number of amidine groups is 1. The highest BCUT2D eigenvalue weighted by Crippen LogP contribution is 2.35. The molecule has 218 valence electrons. The average molecular weight is 613 g/mol. The number of amides is 3. The summed E-state index contributed by atoms with van der Waals surface area (Å²) in [5.74, 6) is -1.96. The minimum absolute atomic E-state index is 0.0127. The maximum absolute atomic E-state index is 15.0. The largest absolute Gasteiger partial charge is 0.573 e. The van der Waals surface area contributed by atoms with Crippen molar-refractivity contribution in [1.29, 1.82) is 0 Å². The molecule has 1 saturated heterocycles. The molecule has 1 fully saturated rings. The van der Waals surface area contributed by atoms with Crippen LogP contribution in [0.5, 0.6) is 5.75 Å². The van der Waals surface area contributed by atoms with Crippen molar-refractivity contribution in [3.8, 4) is 22.8 Å². The van der Waals surface area contributed by atoms with Gasteiger partial charge < -0.3 is 14.8 Å². The molecule has 16 heteroatoms. The van der Waals surface area contributed by atoms with Gasteiger partial charge in [-0.25, -0.2) is 23.6 Å². The van der Waals surface area contributed by atoms with Crippen LogP contribution in [-0.4, -0.2) is 50.0 Å². The third-order valence-electron chi connectivity index (χ3n) is 6.22. The number of fused-ring (bicyclic) bond motifs is 1. The molecule has 1 aromatic heterocycles. The van der Waals surface area contributed by atoms with Crippen LogP contribution in [0.3, 0.4) is 0 Å². The lowest BCUT2D eigenvalue weighted by atomic mass is 10.1. The van der Waals surface area contributed by atoms with Crippen LogP contribution in [0.15, 0.2) is 72.0 Å². The Hall–Kier alpha value is -5.25. The predicted molar refractivity (Wildman–Crippen MR) is 145 cm³/mol. The molecule has 6 rings (SSSR count). The number of benzene rings is 3. The highest BCUT2D eigenvalue weighted by atomic mass is 32.2. The summed E-state index contributed by atoms with van der Waals surface area (Å²) in [6, 6.07) is 12.6. The second-order valence-electron chi connectivity index (χ2n) is 8.97. The first-order valence-electron chi connectivity index (χ1n) is 12.3. The minimum atomic E-state index is -4.82. The number of rotatable bonds is 5. The van der Waals surface area contributed by atoms with Crippen LogP contribution in [0.1, 0.15) is 15.9 Å². The van der Waals surface area contributed by atoms with Crippen molar-refractivity contribution < 1.29 is 41.4 Å². The standard InChI is InChI=1S/C27H16F4N6O5S/c28-19-10-14(23-32-13-36(35-23)15-5-7-16(8-6-15)42-27(29,30)31)4-9-20(19)33-25(40)34-26-37(22(38)12-43-26)21-3-1-2-17-18(21)11-41-24(17)39/h1-10,13H,11-12H2,(H,33,40). The predicted octanol–water partition coefficient (Wildman–Crippen LogP) is 5.31. The maximum atomic E-state index is 15.0. The van der Waals surface area contributed by atoms with Gasteiger partial charge in [0.1, 0.15) is 24.5 Å². The topological polar surface area (TPSA) is 128 Å². The van der Waals surface area contributed by atoms with Crippen LogP contribution in [0.25, 0.3) is 17.1 Å². The fourth-order valence-electron chi connectivity index (χ4n) is 4.33. The van der Waals surface area contributed by atoms with Crippen LogP contribution < -0.4 is 15.0 Å². The van der Waals surface area contributed by atoms with Crippen LogP contribution in [-0.2, 0) is 16.1 Å². The van der Waals surface area contributed by atoms with E-state index in [0.29, 0.717) is 22.5 Å². The van der Waals surface area contributed by atoms with Crippen molar-refractivity contribution in [3.05, 3.63) is 83.9 Å². The van der Waals surface area contributed by atoms with Gasteiger partial charge in [0.2, 0.25) is 5.91 Å². The smallest absolute Gasteiger partial charge is 0.457 e. The number of urea groups is 1. The van der Waals surface area contributed by atoms with E-state index in [0.717, 1.165) is 30.0 Å². The lowest BCUT2D eigenvalue weighted by Crippen LogP contribution is -2.31. The van der Waals surface area contributed by atoms with Crippen LogP contribution in [0.4, 0.5) is 33.7 Å². The zero-order valence-corrected chi connectivity index (χ0v) is 22.3. The number of alkyl halides is 3. The van der Waals surface area contributed by atoms with Gasteiger partial charge in [-0.3, -0.25) is 9.69 Å². The summed E-state index contributed by atoms with van der Waals surface area (Å²) in [5.41, 5.74) is 1.64. The number of halogens is 4. The van der Waals surface area contributed by atoms with Crippen molar-refractivity contribution in [2.45, 2.75) is 13.0 Å². The number of hydrogen-bond donors (Lipinski definition) is 1. The first-order valence-corrected chi connectivity index (χ1v) is 13.3. The zero-order valence-electron chi connectivity index (χ0n) is 21.5. The van der Waals surface area contributed by atoms with Crippen molar-refractivity contribution in [2.24, 2.45) is 4.99 Å². The summed E-state index contributed by atoms with van der Waals surface area (Å²) in [4.78, 5) is 46.6. The van der Waals surface area contributed by atoms with Gasteiger partial charge in [0.05, 0.1) is 28.4 Å². The number of cyclic esters (lactones) is 1. The second kappa shape index (κ2) is 10.9. The van der Waals surface area contributed by atoms with E-state index in [-0.39, 0.29) is 40.5 Å². The number of esters is 1. The summed E-state index contributed by atoms with van der Waals surface area (Å²) in [6.45, 7) is -0.0217. The Balaban J connectivity index is 1.16. The molecule has 0 saturated carbocycles. The third kappa shape index (κ3) is 5.76. The number of ether oxygens (including phenoxy) is 2. The molecule has 0 radical (unpaired) electrons. The highest BCUT2D eigenvalue weighted by Gasteiger charge is 2.35. The van der Waals surface area contributed by atoms with E-state index >= 15 is 0 Å². The molecular formula is C27H16F4N6O5S. The van der Waals surface area contributed by atoms with Gasteiger partial charge in [0.25, 0.3) is 0 Å². The molecule has 3 aromatic carbocycles. The number of nitrogens with one attached hydrogen (secondary N) is 1. The number of hydrogen-bond acceptors (Lipinski definition) is 8. The van der Waals surface area contributed by atoms with E-state index < -0.39 is 29.9 Å². The Bertz CT molecular complexity index is 1810. The molecule has 3 amide bonds. The quantitative estimate of drug-likeness (QED) is 0.237. The normalized spacial score (nSPS) is 15.5. The van der Waals surface area contributed by atoms with Crippen LogP contribution >= 0.6 is 11.8 Å². The Morgan fingerprint density at radius 2 is 1.88 bits per heavy atom. The Morgan fingerprint density at radius 3 is 2.63 bits per heavy atom. The van der Waals surface area contributed by atoms with Crippen LogP contribution in [0.2, 0.25) is 0 Å². The zero-order chi connectivity index (χ0) is 30.3. The van der Waals surface area contributed by atoms with E-state index in [1.54, 1.807) is 18.2 Å². The van der Waals surface area contributed by atoms with E-state index in [4.69, 9.17) is 4.74 Å². The van der Waals surface area contributed by atoms with Crippen molar-refractivity contribution in [3.63, 3.8) is 0 Å². The van der Waals surface area contributed by atoms with E-state index in [1.807, 2.05) is 0 Å². The molecule has 3 heterocycles. The lowest BCUT2D eigenvalue weighted by molar-refractivity contribution is -0.274. The summed E-state index contributed by atoms with van der Waals surface area (Å²) in [5, 5.41) is 6.63. The molecule has 0 aliphatic carbocycles. The van der Waals surface area contributed by atoms with E-state index in [2.05, 4.69) is 25.1 Å². The first-order chi connectivity index (χ1) is 20.6. The minimum Gasteiger partial charge on any atom is -0.457 e. The summed E-state index contributed by atoms with van der Waals surface area (Å²) >= 11 is 1.02. The van der Waals surface area contributed by atoms with Gasteiger partial charge in [-0.2, -0.15) is 4.99 Å². The van der Waals surface area contributed by atoms with Gasteiger partial charge >= 0.3 is 18.4 Å². The van der Waals surface area contributed by atoms with Gasteiger partial charge in [0, 0.05) is 11.1 Å². The Labute approximate surface area is 243 Å². The first kappa shape index (κ1) is 27.9. The fraction of sp³-hybridized carbons (Fsp3) is 0.111. The number of anilines is 2. The van der Waals surface area contributed by atoms with Gasteiger partial charge in [0.15, 0.2) is 11.0 Å². The molecule has 0 bridgehead atoms. The fourth-order valence-corrected chi connectivity index (χ4v) is 5.19. The SMILES string of the molecule is O=C(N=C1SCC(=O)N1c1cccc2c1COC2=O)Nc1ccc(-c2ncn(-c3ccc(OC(F)(F)F)cc3)n2)cc1F. The molecule has 2 aliphatic rings. The summed E-state index contributed by atoms with van der Waals surface area (Å²) in [7, 11) is 0. The number of aromatic nitrogens is 3. The van der Waals surface area contributed by atoms with E-state index in [1.165, 1.54) is 40.2 Å². The lowest BCUT2D eigenvalue weighted by Gasteiger charge is -2.18. The molecule has 11 nitrogen and oxygen atoms in total. The highest BCUT2D eigenvalue weighted by molar-refractivity contribution is 8.15. The summed E-state index contributed by atoms with van der Waals surface area (Å²) in [6.07, 6.45) is -3.52. The third-order valence-corrected chi connectivity index (χ3v) is 7.14.